The van der Waals surface area contributed by atoms with Crippen LogP contribution in [0.25, 0.3) is 6.08 Å². The predicted octanol–water partition coefficient (Wildman–Crippen LogP) is 4.35. The Morgan fingerprint density at radius 1 is 1.24 bits per heavy atom. The van der Waals surface area contributed by atoms with Gasteiger partial charge in [0.1, 0.15) is 11.6 Å². The minimum absolute atomic E-state index is 0.0321. The first-order chi connectivity index (χ1) is 12.1. The lowest BCUT2D eigenvalue weighted by Gasteiger charge is -2.21. The average molecular weight is 339 g/mol. The second kappa shape index (κ2) is 7.51. The van der Waals surface area contributed by atoms with E-state index in [0.29, 0.717) is 6.54 Å². The molecule has 0 saturated heterocycles. The molecule has 130 valence electrons. The molecule has 3 nitrogen and oxygen atoms in total. The molecule has 2 aromatic carbocycles. The molecular weight excluding hydrogens is 317 g/mol. The number of carbonyl (C=O) groups is 1. The molecule has 2 aromatic rings. The Morgan fingerprint density at radius 3 is 2.60 bits per heavy atom. The number of methoxy groups -OCH3 is 1. The second-order valence-corrected chi connectivity index (χ2v) is 6.40. The van der Waals surface area contributed by atoms with Crippen molar-refractivity contribution < 1.29 is 13.9 Å². The molecule has 0 radical (unpaired) electrons. The quantitative estimate of drug-likeness (QED) is 0.733. The maximum Gasteiger partial charge on any atom is 0.247 e. The van der Waals surface area contributed by atoms with E-state index in [1.54, 1.807) is 31.4 Å². The third-order valence-electron chi connectivity index (χ3n) is 4.33. The average Bonchev–Trinajstić information content (AvgIpc) is 3.44. The van der Waals surface area contributed by atoms with Crippen LogP contribution in [0, 0.1) is 12.7 Å². The SMILES string of the molecule is COc1ccc(C)cc1/C=C/C(=O)N(Cc1ccc(F)cc1)C1CC1. The molecular formula is C21H22FNO2. The fourth-order valence-electron chi connectivity index (χ4n) is 2.80. The van der Waals surface area contributed by atoms with Gasteiger partial charge >= 0.3 is 0 Å². The van der Waals surface area contributed by atoms with Crippen LogP contribution in [0.4, 0.5) is 4.39 Å². The molecule has 0 heterocycles. The summed E-state index contributed by atoms with van der Waals surface area (Å²) in [6.07, 6.45) is 5.44. The largest absolute Gasteiger partial charge is 0.496 e. The lowest BCUT2D eigenvalue weighted by molar-refractivity contribution is -0.127. The smallest absolute Gasteiger partial charge is 0.247 e. The number of benzene rings is 2. The molecule has 1 fully saturated rings. The number of hydrogen-bond donors (Lipinski definition) is 0. The van der Waals surface area contributed by atoms with Crippen molar-refractivity contribution in [2.24, 2.45) is 0 Å². The van der Waals surface area contributed by atoms with Gasteiger partial charge in [0.15, 0.2) is 0 Å². The van der Waals surface area contributed by atoms with Crippen molar-refractivity contribution in [2.75, 3.05) is 7.11 Å². The summed E-state index contributed by atoms with van der Waals surface area (Å²) < 4.78 is 18.4. The molecule has 25 heavy (non-hydrogen) atoms. The fourth-order valence-corrected chi connectivity index (χ4v) is 2.80. The Morgan fingerprint density at radius 2 is 1.96 bits per heavy atom. The van der Waals surface area contributed by atoms with E-state index in [2.05, 4.69) is 0 Å². The van der Waals surface area contributed by atoms with Crippen molar-refractivity contribution in [2.45, 2.75) is 32.4 Å². The summed E-state index contributed by atoms with van der Waals surface area (Å²) in [6, 6.07) is 12.5. The number of rotatable bonds is 6. The van der Waals surface area contributed by atoms with Crippen LogP contribution in [0.1, 0.15) is 29.5 Å². The van der Waals surface area contributed by atoms with Crippen molar-refractivity contribution in [3.63, 3.8) is 0 Å². The molecule has 0 N–H and O–H groups in total. The second-order valence-electron chi connectivity index (χ2n) is 6.40. The molecule has 0 atom stereocenters. The molecule has 1 saturated carbocycles. The molecule has 1 amide bonds. The number of aryl methyl sites for hydroxylation is 1. The normalized spacial score (nSPS) is 13.9. The Kier molecular flexibility index (Phi) is 5.17. The predicted molar refractivity (Wildman–Crippen MR) is 96.7 cm³/mol. The van der Waals surface area contributed by atoms with Crippen LogP contribution in [0.5, 0.6) is 5.75 Å². The first-order valence-electron chi connectivity index (χ1n) is 8.44. The van der Waals surface area contributed by atoms with Crippen molar-refractivity contribution in [1.29, 1.82) is 0 Å². The van der Waals surface area contributed by atoms with Gasteiger partial charge in [0, 0.05) is 24.2 Å². The highest BCUT2D eigenvalue weighted by atomic mass is 19.1. The summed E-state index contributed by atoms with van der Waals surface area (Å²) in [7, 11) is 1.62. The van der Waals surface area contributed by atoms with Gasteiger partial charge in [0.05, 0.1) is 7.11 Å². The van der Waals surface area contributed by atoms with E-state index >= 15 is 0 Å². The number of halogens is 1. The van der Waals surface area contributed by atoms with E-state index in [-0.39, 0.29) is 17.8 Å². The molecule has 4 heteroatoms. The summed E-state index contributed by atoms with van der Waals surface area (Å²) in [4.78, 5) is 14.5. The molecule has 0 unspecified atom stereocenters. The van der Waals surface area contributed by atoms with Gasteiger partial charge in [-0.25, -0.2) is 4.39 Å². The summed E-state index contributed by atoms with van der Waals surface area (Å²) in [6.45, 7) is 2.50. The van der Waals surface area contributed by atoms with Gasteiger partial charge in [-0.3, -0.25) is 4.79 Å². The van der Waals surface area contributed by atoms with Gasteiger partial charge in [0.2, 0.25) is 5.91 Å². The van der Waals surface area contributed by atoms with Crippen LogP contribution in [-0.2, 0) is 11.3 Å². The van der Waals surface area contributed by atoms with Gasteiger partial charge in [-0.05, 0) is 55.7 Å². The minimum atomic E-state index is -0.264. The first-order valence-corrected chi connectivity index (χ1v) is 8.44. The van der Waals surface area contributed by atoms with E-state index < -0.39 is 0 Å². The number of carbonyl (C=O) groups excluding carboxylic acids is 1. The zero-order valence-corrected chi connectivity index (χ0v) is 14.5. The molecule has 0 aromatic heterocycles. The summed E-state index contributed by atoms with van der Waals surface area (Å²) >= 11 is 0. The first kappa shape index (κ1) is 17.2. The van der Waals surface area contributed by atoms with Gasteiger partial charge in [0.25, 0.3) is 0 Å². The molecule has 0 aliphatic heterocycles. The number of hydrogen-bond acceptors (Lipinski definition) is 2. The highest BCUT2D eigenvalue weighted by molar-refractivity contribution is 5.92. The van der Waals surface area contributed by atoms with Gasteiger partial charge in [-0.15, -0.1) is 0 Å². The standard InChI is InChI=1S/C21H22FNO2/c1-15-3-11-20(25-2)17(13-15)6-12-21(24)23(19-9-10-19)14-16-4-7-18(22)8-5-16/h3-8,11-13,19H,9-10,14H2,1-2H3/b12-6+. The lowest BCUT2D eigenvalue weighted by atomic mass is 10.1. The molecule has 1 aliphatic rings. The summed E-state index contributed by atoms with van der Waals surface area (Å²) in [5, 5.41) is 0. The highest BCUT2D eigenvalue weighted by Gasteiger charge is 2.31. The minimum Gasteiger partial charge on any atom is -0.496 e. The van der Waals surface area contributed by atoms with Crippen molar-refractivity contribution in [3.05, 3.63) is 71.0 Å². The molecule has 1 aliphatic carbocycles. The Labute approximate surface area is 147 Å². The Hall–Kier alpha value is -2.62. The van der Waals surface area contributed by atoms with Crippen molar-refractivity contribution in [3.8, 4) is 5.75 Å². The Balaban J connectivity index is 1.75. The molecule has 0 bridgehead atoms. The van der Waals surface area contributed by atoms with E-state index in [4.69, 9.17) is 4.74 Å². The summed E-state index contributed by atoms with van der Waals surface area (Å²) in [5.74, 6) is 0.445. The van der Waals surface area contributed by atoms with Crippen molar-refractivity contribution in [1.82, 2.24) is 4.90 Å². The van der Waals surface area contributed by atoms with E-state index in [9.17, 15) is 9.18 Å². The summed E-state index contributed by atoms with van der Waals surface area (Å²) in [5.41, 5.74) is 2.93. The molecule has 3 rings (SSSR count). The maximum atomic E-state index is 13.1. The van der Waals surface area contributed by atoms with Gasteiger partial charge in [-0.1, -0.05) is 23.8 Å². The van der Waals surface area contributed by atoms with E-state index in [0.717, 1.165) is 35.3 Å². The van der Waals surface area contributed by atoms with E-state index in [1.807, 2.05) is 30.0 Å². The van der Waals surface area contributed by atoms with Crippen LogP contribution < -0.4 is 4.74 Å². The van der Waals surface area contributed by atoms with Crippen LogP contribution in [0.3, 0.4) is 0 Å². The zero-order chi connectivity index (χ0) is 17.8. The van der Waals surface area contributed by atoms with Gasteiger partial charge < -0.3 is 9.64 Å². The van der Waals surface area contributed by atoms with Crippen molar-refractivity contribution >= 4 is 12.0 Å². The number of ether oxygens (including phenoxy) is 1. The highest BCUT2D eigenvalue weighted by Crippen LogP contribution is 2.29. The van der Waals surface area contributed by atoms with Crippen LogP contribution in [0.2, 0.25) is 0 Å². The lowest BCUT2D eigenvalue weighted by Crippen LogP contribution is -2.31. The third-order valence-corrected chi connectivity index (χ3v) is 4.33. The zero-order valence-electron chi connectivity index (χ0n) is 14.5. The maximum absolute atomic E-state index is 13.1. The Bertz CT molecular complexity index is 779. The van der Waals surface area contributed by atoms with Gasteiger partial charge in [-0.2, -0.15) is 0 Å². The number of amides is 1. The van der Waals surface area contributed by atoms with Crippen LogP contribution in [-0.4, -0.2) is 24.0 Å². The fraction of sp³-hybridized carbons (Fsp3) is 0.286. The monoisotopic (exact) mass is 339 g/mol. The third kappa shape index (κ3) is 4.47. The number of nitrogens with zero attached hydrogens (tertiary/aromatic N) is 1. The topological polar surface area (TPSA) is 29.5 Å². The van der Waals surface area contributed by atoms with Crippen LogP contribution in [0.15, 0.2) is 48.5 Å². The molecule has 0 spiro atoms. The van der Waals surface area contributed by atoms with Crippen LogP contribution >= 0.6 is 0 Å². The van der Waals surface area contributed by atoms with E-state index in [1.165, 1.54) is 12.1 Å².